The van der Waals surface area contributed by atoms with Gasteiger partial charge in [0.05, 0.1) is 11.2 Å². The molecule has 6 heteroatoms. The molecule has 0 bridgehead atoms. The lowest BCUT2D eigenvalue weighted by atomic mass is 10.1. The molecule has 0 radical (unpaired) electrons. The van der Waals surface area contributed by atoms with Gasteiger partial charge in [-0.3, -0.25) is 4.79 Å². The van der Waals surface area contributed by atoms with Crippen LogP contribution in [0.3, 0.4) is 0 Å². The SMILES string of the molecule is CCc1ccc(NC(=O)c2nc(SC)ncc2Cl)cc1. The number of carbonyl (C=O) groups excluding carboxylic acids is 1. The summed E-state index contributed by atoms with van der Waals surface area (Å²) >= 11 is 7.33. The molecule has 0 saturated heterocycles. The number of amides is 1. The molecular formula is C14H14ClN3OS. The van der Waals surface area contributed by atoms with Crippen molar-refractivity contribution in [3.05, 3.63) is 46.7 Å². The standard InChI is InChI=1S/C14H14ClN3OS/c1-3-9-4-6-10(7-5-9)17-13(19)12-11(15)8-16-14(18-12)20-2/h4-8H,3H2,1-2H3,(H,17,19). The van der Waals surface area contributed by atoms with Gasteiger partial charge >= 0.3 is 0 Å². The molecule has 0 fully saturated rings. The van der Waals surface area contributed by atoms with Crippen molar-refractivity contribution in [1.82, 2.24) is 9.97 Å². The Hall–Kier alpha value is -1.59. The number of benzene rings is 1. The van der Waals surface area contributed by atoms with Crippen molar-refractivity contribution < 1.29 is 4.79 Å². The predicted octanol–water partition coefficient (Wildman–Crippen LogP) is 3.67. The van der Waals surface area contributed by atoms with Gasteiger partial charge in [-0.15, -0.1) is 0 Å². The van der Waals surface area contributed by atoms with Crippen LogP contribution in [0.1, 0.15) is 23.0 Å². The van der Waals surface area contributed by atoms with E-state index in [1.54, 1.807) is 0 Å². The zero-order chi connectivity index (χ0) is 14.5. The number of nitrogens with zero attached hydrogens (tertiary/aromatic N) is 2. The largest absolute Gasteiger partial charge is 0.321 e. The summed E-state index contributed by atoms with van der Waals surface area (Å²) in [5.74, 6) is -0.336. The van der Waals surface area contributed by atoms with E-state index in [1.165, 1.54) is 23.5 Å². The van der Waals surface area contributed by atoms with E-state index in [1.807, 2.05) is 30.5 Å². The van der Waals surface area contributed by atoms with E-state index >= 15 is 0 Å². The second-order valence-electron chi connectivity index (χ2n) is 4.06. The molecule has 1 amide bonds. The fourth-order valence-electron chi connectivity index (χ4n) is 1.62. The quantitative estimate of drug-likeness (QED) is 0.691. The third-order valence-electron chi connectivity index (χ3n) is 2.74. The number of nitrogens with one attached hydrogen (secondary N) is 1. The van der Waals surface area contributed by atoms with E-state index in [0.29, 0.717) is 10.8 Å². The summed E-state index contributed by atoms with van der Waals surface area (Å²) in [5, 5.41) is 3.53. The Morgan fingerprint density at radius 3 is 2.65 bits per heavy atom. The molecule has 2 aromatic rings. The summed E-state index contributed by atoms with van der Waals surface area (Å²) in [4.78, 5) is 20.3. The lowest BCUT2D eigenvalue weighted by Crippen LogP contribution is -2.15. The molecule has 0 aliphatic carbocycles. The molecule has 0 aliphatic heterocycles. The van der Waals surface area contributed by atoms with Crippen LogP contribution in [0.2, 0.25) is 5.02 Å². The maximum Gasteiger partial charge on any atom is 0.275 e. The molecule has 1 aromatic carbocycles. The predicted molar refractivity (Wildman–Crippen MR) is 82.6 cm³/mol. The minimum atomic E-state index is -0.336. The first-order chi connectivity index (χ1) is 9.63. The molecule has 104 valence electrons. The summed E-state index contributed by atoms with van der Waals surface area (Å²) in [6, 6.07) is 7.68. The van der Waals surface area contributed by atoms with E-state index in [-0.39, 0.29) is 16.6 Å². The van der Waals surface area contributed by atoms with Crippen LogP contribution >= 0.6 is 23.4 Å². The van der Waals surface area contributed by atoms with Gasteiger partial charge in [-0.05, 0) is 30.4 Å². The monoisotopic (exact) mass is 307 g/mol. The molecule has 2 rings (SSSR count). The van der Waals surface area contributed by atoms with Crippen molar-refractivity contribution in [3.63, 3.8) is 0 Å². The van der Waals surface area contributed by atoms with E-state index in [2.05, 4.69) is 22.2 Å². The summed E-state index contributed by atoms with van der Waals surface area (Å²) < 4.78 is 0. The van der Waals surface area contributed by atoms with Crippen molar-refractivity contribution in [2.75, 3.05) is 11.6 Å². The van der Waals surface area contributed by atoms with Crippen molar-refractivity contribution in [3.8, 4) is 0 Å². The minimum Gasteiger partial charge on any atom is -0.321 e. The van der Waals surface area contributed by atoms with E-state index < -0.39 is 0 Å². The molecule has 0 unspecified atom stereocenters. The van der Waals surface area contributed by atoms with Gasteiger partial charge in [-0.2, -0.15) is 0 Å². The van der Waals surface area contributed by atoms with Crippen LogP contribution in [-0.4, -0.2) is 22.1 Å². The fraction of sp³-hybridized carbons (Fsp3) is 0.214. The maximum absolute atomic E-state index is 12.2. The Kier molecular flexibility index (Phi) is 4.98. The lowest BCUT2D eigenvalue weighted by Gasteiger charge is -2.07. The lowest BCUT2D eigenvalue weighted by molar-refractivity contribution is 0.102. The van der Waals surface area contributed by atoms with Gasteiger partial charge in [-0.1, -0.05) is 42.4 Å². The van der Waals surface area contributed by atoms with E-state index in [0.717, 1.165) is 6.42 Å². The highest BCUT2D eigenvalue weighted by Gasteiger charge is 2.14. The molecule has 1 N–H and O–H groups in total. The minimum absolute atomic E-state index is 0.186. The number of aromatic nitrogens is 2. The molecular weight excluding hydrogens is 294 g/mol. The molecule has 0 atom stereocenters. The van der Waals surface area contributed by atoms with Gasteiger partial charge < -0.3 is 5.32 Å². The third-order valence-corrected chi connectivity index (χ3v) is 3.58. The van der Waals surface area contributed by atoms with Crippen molar-refractivity contribution in [2.24, 2.45) is 0 Å². The average Bonchev–Trinajstić information content (AvgIpc) is 2.48. The number of hydrogen-bond acceptors (Lipinski definition) is 4. The number of hydrogen-bond donors (Lipinski definition) is 1. The molecule has 20 heavy (non-hydrogen) atoms. The molecule has 1 heterocycles. The van der Waals surface area contributed by atoms with Gasteiger partial charge in [0, 0.05) is 5.69 Å². The van der Waals surface area contributed by atoms with Gasteiger partial charge in [0.2, 0.25) is 0 Å². The topological polar surface area (TPSA) is 54.9 Å². The Labute approximate surface area is 127 Å². The van der Waals surface area contributed by atoms with Crippen molar-refractivity contribution in [1.29, 1.82) is 0 Å². The number of aryl methyl sites for hydroxylation is 1. The van der Waals surface area contributed by atoms with E-state index in [4.69, 9.17) is 11.6 Å². The number of halogens is 1. The summed E-state index contributed by atoms with van der Waals surface area (Å²) in [6.45, 7) is 2.08. The Morgan fingerprint density at radius 2 is 2.05 bits per heavy atom. The van der Waals surface area contributed by atoms with Gasteiger partial charge in [0.25, 0.3) is 5.91 Å². The smallest absolute Gasteiger partial charge is 0.275 e. The maximum atomic E-state index is 12.2. The van der Waals surface area contributed by atoms with E-state index in [9.17, 15) is 4.79 Å². The Morgan fingerprint density at radius 1 is 1.35 bits per heavy atom. The molecule has 0 spiro atoms. The fourth-order valence-corrected chi connectivity index (χ4v) is 2.14. The highest BCUT2D eigenvalue weighted by atomic mass is 35.5. The molecule has 0 aliphatic rings. The summed E-state index contributed by atoms with van der Waals surface area (Å²) in [7, 11) is 0. The second kappa shape index (κ2) is 6.72. The number of carbonyl (C=O) groups is 1. The van der Waals surface area contributed by atoms with Crippen LogP contribution in [-0.2, 0) is 6.42 Å². The third kappa shape index (κ3) is 3.49. The summed E-state index contributed by atoms with van der Waals surface area (Å²) in [5.41, 5.74) is 2.12. The normalized spacial score (nSPS) is 10.3. The number of anilines is 1. The zero-order valence-electron chi connectivity index (χ0n) is 11.2. The first-order valence-electron chi connectivity index (χ1n) is 6.11. The van der Waals surface area contributed by atoms with Crippen LogP contribution in [0.25, 0.3) is 0 Å². The van der Waals surface area contributed by atoms with Crippen molar-refractivity contribution >= 4 is 35.0 Å². The van der Waals surface area contributed by atoms with Crippen molar-refractivity contribution in [2.45, 2.75) is 18.5 Å². The average molecular weight is 308 g/mol. The zero-order valence-corrected chi connectivity index (χ0v) is 12.8. The Bertz CT molecular complexity index is 616. The Balaban J connectivity index is 2.18. The van der Waals surface area contributed by atoms with Gasteiger partial charge in [0.15, 0.2) is 10.9 Å². The van der Waals surface area contributed by atoms with Crippen LogP contribution in [0.15, 0.2) is 35.6 Å². The molecule has 1 aromatic heterocycles. The first kappa shape index (κ1) is 14.8. The molecule has 4 nitrogen and oxygen atoms in total. The van der Waals surface area contributed by atoms with Crippen LogP contribution in [0, 0.1) is 0 Å². The number of rotatable bonds is 4. The van der Waals surface area contributed by atoms with Crippen LogP contribution < -0.4 is 5.32 Å². The van der Waals surface area contributed by atoms with Crippen LogP contribution in [0.4, 0.5) is 5.69 Å². The first-order valence-corrected chi connectivity index (χ1v) is 7.71. The van der Waals surface area contributed by atoms with Gasteiger partial charge in [0.1, 0.15) is 0 Å². The highest BCUT2D eigenvalue weighted by Crippen LogP contribution is 2.18. The molecule has 0 saturated carbocycles. The number of thioether (sulfide) groups is 1. The van der Waals surface area contributed by atoms with Gasteiger partial charge in [-0.25, -0.2) is 9.97 Å². The van der Waals surface area contributed by atoms with Crippen LogP contribution in [0.5, 0.6) is 0 Å². The summed E-state index contributed by atoms with van der Waals surface area (Å²) in [6.07, 6.45) is 4.24. The highest BCUT2D eigenvalue weighted by molar-refractivity contribution is 7.98. The second-order valence-corrected chi connectivity index (χ2v) is 5.24.